The number of H-pyrrole nitrogens is 1. The summed E-state index contributed by atoms with van der Waals surface area (Å²) in [7, 11) is 3.08. The summed E-state index contributed by atoms with van der Waals surface area (Å²) >= 11 is 0. The van der Waals surface area contributed by atoms with Gasteiger partial charge in [-0.05, 0) is 6.92 Å². The summed E-state index contributed by atoms with van der Waals surface area (Å²) in [6.07, 6.45) is 1.08. The summed E-state index contributed by atoms with van der Waals surface area (Å²) < 4.78 is 6.65. The molecule has 3 rings (SSSR count). The molecule has 0 amide bonds. The highest BCUT2D eigenvalue weighted by Crippen LogP contribution is 2.29. The van der Waals surface area contributed by atoms with Crippen LogP contribution in [0.2, 0.25) is 0 Å². The number of aryl methyl sites for hydroxylation is 2. The Bertz CT molecular complexity index is 990. The van der Waals surface area contributed by atoms with Crippen molar-refractivity contribution in [2.24, 2.45) is 7.05 Å². The first-order valence-corrected chi connectivity index (χ1v) is 6.54. The van der Waals surface area contributed by atoms with Crippen molar-refractivity contribution >= 4 is 16.7 Å². The minimum Gasteiger partial charge on any atom is -0.480 e. The summed E-state index contributed by atoms with van der Waals surface area (Å²) in [6, 6.07) is 1.25. The average Bonchev–Trinajstić information content (AvgIpc) is 2.82. The van der Waals surface area contributed by atoms with Crippen LogP contribution in [0.15, 0.2) is 17.1 Å². The molecule has 0 bridgehead atoms. The molecule has 0 saturated heterocycles. The Hall–Kier alpha value is -3.30. The third-order valence-electron chi connectivity index (χ3n) is 3.47. The van der Waals surface area contributed by atoms with Crippen LogP contribution in [0.4, 0.5) is 5.69 Å². The lowest BCUT2D eigenvalue weighted by Crippen LogP contribution is -2.10. The third kappa shape index (κ3) is 2.29. The van der Waals surface area contributed by atoms with E-state index in [4.69, 9.17) is 4.74 Å². The Balaban J connectivity index is 2.32. The SMILES string of the molecule is COc1ncc([N+](=O)[O-])cc1-c1nc2c(C)n(C)nc2c(=O)[nH]1. The molecule has 0 aliphatic carbocycles. The van der Waals surface area contributed by atoms with E-state index in [1.807, 2.05) is 0 Å². The second-order valence-corrected chi connectivity index (χ2v) is 4.83. The molecule has 10 nitrogen and oxygen atoms in total. The minimum absolute atomic E-state index is 0.125. The van der Waals surface area contributed by atoms with Crippen LogP contribution in [0, 0.1) is 17.0 Å². The van der Waals surface area contributed by atoms with Crippen LogP contribution < -0.4 is 10.3 Å². The van der Waals surface area contributed by atoms with Crippen LogP contribution in [-0.2, 0) is 7.05 Å². The van der Waals surface area contributed by atoms with Crippen LogP contribution in [0.1, 0.15) is 5.69 Å². The molecular weight excluding hydrogens is 304 g/mol. The Morgan fingerprint density at radius 1 is 1.39 bits per heavy atom. The van der Waals surface area contributed by atoms with Crippen LogP contribution in [0.5, 0.6) is 5.88 Å². The molecule has 0 radical (unpaired) electrons. The zero-order chi connectivity index (χ0) is 16.7. The second-order valence-electron chi connectivity index (χ2n) is 4.83. The minimum atomic E-state index is -0.581. The Labute approximate surface area is 128 Å². The molecule has 0 spiro atoms. The molecule has 0 unspecified atom stereocenters. The number of rotatable bonds is 3. The smallest absolute Gasteiger partial charge is 0.288 e. The number of methoxy groups -OCH3 is 1. The molecule has 3 aromatic rings. The van der Waals surface area contributed by atoms with Crippen molar-refractivity contribution in [3.8, 4) is 17.3 Å². The zero-order valence-corrected chi connectivity index (χ0v) is 12.5. The van der Waals surface area contributed by atoms with Crippen LogP contribution in [0.3, 0.4) is 0 Å². The van der Waals surface area contributed by atoms with Crippen LogP contribution >= 0.6 is 0 Å². The fourth-order valence-electron chi connectivity index (χ4n) is 2.19. The lowest BCUT2D eigenvalue weighted by molar-refractivity contribution is -0.385. The number of nitro groups is 1. The van der Waals surface area contributed by atoms with Gasteiger partial charge in [0.2, 0.25) is 5.88 Å². The van der Waals surface area contributed by atoms with Gasteiger partial charge in [0.25, 0.3) is 11.2 Å². The zero-order valence-electron chi connectivity index (χ0n) is 12.5. The lowest BCUT2D eigenvalue weighted by atomic mass is 10.2. The van der Waals surface area contributed by atoms with Crippen molar-refractivity contribution < 1.29 is 9.66 Å². The largest absolute Gasteiger partial charge is 0.480 e. The molecule has 0 fully saturated rings. The number of nitrogens with one attached hydrogen (secondary N) is 1. The molecule has 1 N–H and O–H groups in total. The maximum absolute atomic E-state index is 12.2. The summed E-state index contributed by atoms with van der Waals surface area (Å²) in [5.41, 5.74) is 0.869. The van der Waals surface area contributed by atoms with E-state index in [0.29, 0.717) is 11.2 Å². The average molecular weight is 316 g/mol. The van der Waals surface area contributed by atoms with Crippen molar-refractivity contribution in [1.82, 2.24) is 24.7 Å². The number of hydrogen-bond acceptors (Lipinski definition) is 7. The molecule has 118 valence electrons. The van der Waals surface area contributed by atoms with E-state index >= 15 is 0 Å². The quantitative estimate of drug-likeness (QED) is 0.562. The first-order valence-electron chi connectivity index (χ1n) is 6.54. The Morgan fingerprint density at radius 2 is 2.13 bits per heavy atom. The molecule has 0 aromatic carbocycles. The van der Waals surface area contributed by atoms with Gasteiger partial charge in [-0.15, -0.1) is 0 Å². The maximum Gasteiger partial charge on any atom is 0.288 e. The normalized spacial score (nSPS) is 10.9. The molecule has 0 aliphatic heterocycles. The van der Waals surface area contributed by atoms with E-state index < -0.39 is 10.5 Å². The van der Waals surface area contributed by atoms with Gasteiger partial charge < -0.3 is 9.72 Å². The van der Waals surface area contributed by atoms with Crippen LogP contribution in [-0.4, -0.2) is 36.8 Å². The lowest BCUT2D eigenvalue weighted by Gasteiger charge is -2.06. The molecule has 10 heteroatoms. The highest BCUT2D eigenvalue weighted by Gasteiger charge is 2.19. The predicted molar refractivity (Wildman–Crippen MR) is 80.3 cm³/mol. The first kappa shape index (κ1) is 14.6. The van der Waals surface area contributed by atoms with Crippen LogP contribution in [0.25, 0.3) is 22.4 Å². The standard InChI is InChI=1S/C13H12N6O4/c1-6-9-10(17-18(6)2)12(20)16-11(15-9)8-4-7(19(21)22)5-14-13(8)23-3/h4-5H,1-3H3,(H,15,16,20). The number of nitrogens with zero attached hydrogens (tertiary/aromatic N) is 5. The van der Waals surface area contributed by atoms with Gasteiger partial charge in [0.15, 0.2) is 5.52 Å². The monoisotopic (exact) mass is 316 g/mol. The molecule has 0 atom stereocenters. The van der Waals surface area contributed by atoms with E-state index in [-0.39, 0.29) is 28.5 Å². The van der Waals surface area contributed by atoms with E-state index in [0.717, 1.165) is 6.20 Å². The number of ether oxygens (including phenoxy) is 1. The van der Waals surface area contributed by atoms with Gasteiger partial charge >= 0.3 is 0 Å². The second kappa shape index (κ2) is 5.16. The van der Waals surface area contributed by atoms with Crippen molar-refractivity contribution in [3.05, 3.63) is 38.4 Å². The fourth-order valence-corrected chi connectivity index (χ4v) is 2.19. The van der Waals surface area contributed by atoms with Gasteiger partial charge in [0, 0.05) is 13.1 Å². The van der Waals surface area contributed by atoms with Crippen molar-refractivity contribution in [2.45, 2.75) is 6.92 Å². The van der Waals surface area contributed by atoms with Gasteiger partial charge in [-0.3, -0.25) is 19.6 Å². The molecule has 0 saturated carbocycles. The fraction of sp³-hybridized carbons (Fsp3) is 0.231. The van der Waals surface area contributed by atoms with E-state index in [2.05, 4.69) is 20.1 Å². The Kier molecular flexibility index (Phi) is 3.28. The summed E-state index contributed by atoms with van der Waals surface area (Å²) in [5, 5.41) is 15.0. The highest BCUT2D eigenvalue weighted by molar-refractivity contribution is 5.79. The summed E-state index contributed by atoms with van der Waals surface area (Å²) in [5.74, 6) is 0.256. The Morgan fingerprint density at radius 3 is 2.78 bits per heavy atom. The topological polar surface area (TPSA) is 129 Å². The van der Waals surface area contributed by atoms with Crippen molar-refractivity contribution in [2.75, 3.05) is 7.11 Å². The number of pyridine rings is 1. The van der Waals surface area contributed by atoms with Crippen molar-refractivity contribution in [3.63, 3.8) is 0 Å². The molecule has 23 heavy (non-hydrogen) atoms. The predicted octanol–water partition coefficient (Wildman–Crippen LogP) is 0.944. The number of fused-ring (bicyclic) bond motifs is 1. The number of hydrogen-bond donors (Lipinski definition) is 1. The first-order chi connectivity index (χ1) is 10.9. The van der Waals surface area contributed by atoms with Gasteiger partial charge in [0.05, 0.1) is 23.3 Å². The van der Waals surface area contributed by atoms with E-state index in [1.165, 1.54) is 13.2 Å². The van der Waals surface area contributed by atoms with Gasteiger partial charge in [0.1, 0.15) is 17.5 Å². The molecule has 3 aromatic heterocycles. The highest BCUT2D eigenvalue weighted by atomic mass is 16.6. The van der Waals surface area contributed by atoms with E-state index in [9.17, 15) is 14.9 Å². The summed E-state index contributed by atoms with van der Waals surface area (Å²) in [4.78, 5) is 33.4. The number of aromatic nitrogens is 5. The third-order valence-corrected chi connectivity index (χ3v) is 3.47. The number of aromatic amines is 1. The van der Waals surface area contributed by atoms with Gasteiger partial charge in [-0.2, -0.15) is 5.10 Å². The molecular formula is C13H12N6O4. The van der Waals surface area contributed by atoms with E-state index in [1.54, 1.807) is 18.7 Å². The molecule has 0 aliphatic rings. The van der Waals surface area contributed by atoms with Gasteiger partial charge in [-0.25, -0.2) is 9.97 Å². The molecule has 3 heterocycles. The maximum atomic E-state index is 12.2. The summed E-state index contributed by atoms with van der Waals surface area (Å²) in [6.45, 7) is 1.77. The van der Waals surface area contributed by atoms with Crippen molar-refractivity contribution in [1.29, 1.82) is 0 Å². The van der Waals surface area contributed by atoms with Gasteiger partial charge in [-0.1, -0.05) is 0 Å².